The van der Waals surface area contributed by atoms with Crippen LogP contribution >= 0.6 is 11.8 Å². The van der Waals surface area contributed by atoms with E-state index in [1.54, 1.807) is 13.8 Å². The van der Waals surface area contributed by atoms with E-state index in [1.165, 1.54) is 0 Å². The summed E-state index contributed by atoms with van der Waals surface area (Å²) in [6, 6.07) is 0. The molecule has 0 aromatic carbocycles. The molecule has 0 aliphatic rings. The number of hydrogen-bond donors (Lipinski definition) is 2. The lowest BCUT2D eigenvalue weighted by molar-refractivity contribution is -0.120. The molecule has 0 saturated heterocycles. The monoisotopic (exact) mass is 307 g/mol. The van der Waals surface area contributed by atoms with E-state index < -0.39 is 11.2 Å². The molecule has 1 aromatic heterocycles. The van der Waals surface area contributed by atoms with E-state index in [9.17, 15) is 14.7 Å². The number of carboxylic acids is 1. The van der Waals surface area contributed by atoms with Crippen molar-refractivity contribution >= 4 is 23.6 Å². The number of hydrogen-bond acceptors (Lipinski definition) is 5. The fourth-order valence-corrected chi connectivity index (χ4v) is 2.63. The standard InChI is InChI=1S/C14H17N3O3S/c1-5-7-15-12(18)9(4)21-13-11(14(19)20)8(3)16-10(6-2)17-13/h1,9H,6-7H2,2-4H3,(H,15,18)(H,19,20). The van der Waals surface area contributed by atoms with Crippen molar-refractivity contribution in [2.75, 3.05) is 6.54 Å². The Morgan fingerprint density at radius 3 is 2.67 bits per heavy atom. The second-order valence-corrected chi connectivity index (χ2v) is 5.58. The number of nitrogens with one attached hydrogen (secondary N) is 1. The normalized spacial score (nSPS) is 11.5. The van der Waals surface area contributed by atoms with Crippen LogP contribution < -0.4 is 5.32 Å². The van der Waals surface area contributed by atoms with E-state index in [0.29, 0.717) is 23.0 Å². The first-order chi connectivity index (χ1) is 9.90. The second kappa shape index (κ2) is 7.64. The number of aryl methyl sites for hydroxylation is 2. The Balaban J connectivity index is 3.06. The van der Waals surface area contributed by atoms with Gasteiger partial charge in [-0.2, -0.15) is 0 Å². The lowest BCUT2D eigenvalue weighted by Crippen LogP contribution is -2.31. The number of amides is 1. The first-order valence-electron chi connectivity index (χ1n) is 6.39. The van der Waals surface area contributed by atoms with Gasteiger partial charge in [0.25, 0.3) is 0 Å². The predicted molar refractivity (Wildman–Crippen MR) is 80.3 cm³/mol. The molecule has 2 N–H and O–H groups in total. The lowest BCUT2D eigenvalue weighted by atomic mass is 10.2. The molecule has 1 unspecified atom stereocenters. The van der Waals surface area contributed by atoms with Gasteiger partial charge in [0.05, 0.1) is 17.5 Å². The molecule has 0 spiro atoms. The van der Waals surface area contributed by atoms with Gasteiger partial charge in [0, 0.05) is 6.42 Å². The van der Waals surface area contributed by atoms with E-state index in [2.05, 4.69) is 21.2 Å². The molecule has 1 atom stereocenters. The SMILES string of the molecule is C#CCNC(=O)C(C)Sc1nc(CC)nc(C)c1C(=O)O. The molecule has 21 heavy (non-hydrogen) atoms. The topological polar surface area (TPSA) is 92.2 Å². The first kappa shape index (κ1) is 17.0. The van der Waals surface area contributed by atoms with Crippen molar-refractivity contribution in [2.24, 2.45) is 0 Å². The minimum absolute atomic E-state index is 0.0359. The third kappa shape index (κ3) is 4.46. The van der Waals surface area contributed by atoms with Gasteiger partial charge in [0.2, 0.25) is 5.91 Å². The maximum absolute atomic E-state index is 11.8. The molecule has 1 aromatic rings. The molecule has 0 aliphatic carbocycles. The highest BCUT2D eigenvalue weighted by Crippen LogP contribution is 2.27. The molecule has 0 aliphatic heterocycles. The van der Waals surface area contributed by atoms with Gasteiger partial charge < -0.3 is 10.4 Å². The maximum Gasteiger partial charge on any atom is 0.340 e. The highest BCUT2D eigenvalue weighted by molar-refractivity contribution is 8.00. The molecule has 7 heteroatoms. The van der Waals surface area contributed by atoms with E-state index in [0.717, 1.165) is 11.8 Å². The minimum Gasteiger partial charge on any atom is -0.478 e. The summed E-state index contributed by atoms with van der Waals surface area (Å²) in [7, 11) is 0. The van der Waals surface area contributed by atoms with Crippen LogP contribution in [0.1, 0.15) is 35.7 Å². The van der Waals surface area contributed by atoms with Gasteiger partial charge in [-0.1, -0.05) is 24.6 Å². The van der Waals surface area contributed by atoms with Gasteiger partial charge in [-0.15, -0.1) is 6.42 Å². The molecular weight excluding hydrogens is 290 g/mol. The minimum atomic E-state index is -1.10. The molecule has 112 valence electrons. The summed E-state index contributed by atoms with van der Waals surface area (Å²) in [6.07, 6.45) is 5.67. The van der Waals surface area contributed by atoms with Gasteiger partial charge in [0.1, 0.15) is 16.4 Å². The third-order valence-electron chi connectivity index (χ3n) is 2.66. The number of rotatable bonds is 6. The largest absolute Gasteiger partial charge is 0.478 e. The molecule has 0 saturated carbocycles. The third-order valence-corrected chi connectivity index (χ3v) is 3.74. The molecule has 0 fully saturated rings. The number of thioether (sulfide) groups is 1. The summed E-state index contributed by atoms with van der Waals surface area (Å²) < 4.78 is 0. The highest BCUT2D eigenvalue weighted by Gasteiger charge is 2.22. The Morgan fingerprint density at radius 1 is 1.48 bits per heavy atom. The molecule has 1 heterocycles. The number of terminal acetylenes is 1. The Morgan fingerprint density at radius 2 is 2.14 bits per heavy atom. The number of carbonyl (C=O) groups is 2. The van der Waals surface area contributed by atoms with Gasteiger partial charge >= 0.3 is 5.97 Å². The Kier molecular flexibility index (Phi) is 6.18. The van der Waals surface area contributed by atoms with Crippen molar-refractivity contribution < 1.29 is 14.7 Å². The molecule has 1 rings (SSSR count). The Labute approximate surface area is 127 Å². The summed E-state index contributed by atoms with van der Waals surface area (Å²) in [5, 5.41) is 11.6. The van der Waals surface area contributed by atoms with Crippen molar-refractivity contribution in [1.82, 2.24) is 15.3 Å². The van der Waals surface area contributed by atoms with Crippen molar-refractivity contribution in [1.29, 1.82) is 0 Å². The molecule has 0 bridgehead atoms. The van der Waals surface area contributed by atoms with Gasteiger partial charge in [-0.3, -0.25) is 4.79 Å². The highest BCUT2D eigenvalue weighted by atomic mass is 32.2. The van der Waals surface area contributed by atoms with Crippen molar-refractivity contribution in [3.05, 3.63) is 17.1 Å². The van der Waals surface area contributed by atoms with Crippen LogP contribution in [-0.2, 0) is 11.2 Å². The fraction of sp³-hybridized carbons (Fsp3) is 0.429. The molecule has 6 nitrogen and oxygen atoms in total. The summed E-state index contributed by atoms with van der Waals surface area (Å²) in [5.41, 5.74) is 0.432. The van der Waals surface area contributed by atoms with Crippen LogP contribution in [0.25, 0.3) is 0 Å². The van der Waals surface area contributed by atoms with Crippen LogP contribution in [0.15, 0.2) is 5.03 Å². The first-order valence-corrected chi connectivity index (χ1v) is 7.27. The van der Waals surface area contributed by atoms with E-state index in [4.69, 9.17) is 6.42 Å². The summed E-state index contributed by atoms with van der Waals surface area (Å²) in [4.78, 5) is 31.5. The zero-order valence-corrected chi connectivity index (χ0v) is 13.0. The van der Waals surface area contributed by atoms with Crippen molar-refractivity contribution in [3.63, 3.8) is 0 Å². The van der Waals surface area contributed by atoms with Crippen LogP contribution in [0.3, 0.4) is 0 Å². The Bertz CT molecular complexity index is 596. The van der Waals surface area contributed by atoms with E-state index in [-0.39, 0.29) is 18.0 Å². The Hall–Kier alpha value is -2.07. The van der Waals surface area contributed by atoms with E-state index >= 15 is 0 Å². The summed E-state index contributed by atoms with van der Waals surface area (Å²) >= 11 is 1.09. The van der Waals surface area contributed by atoms with Gasteiger partial charge in [-0.25, -0.2) is 14.8 Å². The number of carboxylic acid groups (broad SMARTS) is 1. The quantitative estimate of drug-likeness (QED) is 0.467. The molecule has 0 radical (unpaired) electrons. The van der Waals surface area contributed by atoms with Crippen LogP contribution in [0.4, 0.5) is 0 Å². The maximum atomic E-state index is 11.8. The van der Waals surface area contributed by atoms with Crippen LogP contribution in [-0.4, -0.2) is 38.7 Å². The number of aromatic nitrogens is 2. The summed E-state index contributed by atoms with van der Waals surface area (Å²) in [6.45, 7) is 5.31. The second-order valence-electron chi connectivity index (χ2n) is 4.25. The van der Waals surface area contributed by atoms with Crippen LogP contribution in [0.2, 0.25) is 0 Å². The number of aromatic carboxylic acids is 1. The van der Waals surface area contributed by atoms with Crippen molar-refractivity contribution in [2.45, 2.75) is 37.5 Å². The molecule has 1 amide bonds. The van der Waals surface area contributed by atoms with Crippen LogP contribution in [0.5, 0.6) is 0 Å². The van der Waals surface area contributed by atoms with Gasteiger partial charge in [0.15, 0.2) is 0 Å². The van der Waals surface area contributed by atoms with E-state index in [1.807, 2.05) is 6.92 Å². The molecular formula is C14H17N3O3S. The predicted octanol–water partition coefficient (Wildman–Crippen LogP) is 1.28. The fourth-order valence-electron chi connectivity index (χ4n) is 1.59. The van der Waals surface area contributed by atoms with Crippen LogP contribution in [0, 0.1) is 19.3 Å². The van der Waals surface area contributed by atoms with Crippen molar-refractivity contribution in [3.8, 4) is 12.3 Å². The van der Waals surface area contributed by atoms with Gasteiger partial charge in [-0.05, 0) is 13.8 Å². The average molecular weight is 307 g/mol. The average Bonchev–Trinajstić information content (AvgIpc) is 2.43. The lowest BCUT2D eigenvalue weighted by Gasteiger charge is -2.13. The zero-order chi connectivity index (χ0) is 16.0. The number of carbonyl (C=O) groups excluding carboxylic acids is 1. The summed E-state index contributed by atoms with van der Waals surface area (Å²) in [5.74, 6) is 1.50. The zero-order valence-electron chi connectivity index (χ0n) is 12.1. The smallest absolute Gasteiger partial charge is 0.340 e. The number of nitrogens with zero attached hydrogens (tertiary/aromatic N) is 2.